The fraction of sp³-hybridized carbons (Fsp3) is 0.121. The number of aromatic nitrogens is 2. The normalized spacial score (nSPS) is 10.8. The smallest absolute Gasteiger partial charge is 0.329 e. The Bertz CT molecular complexity index is 1690. The van der Waals surface area contributed by atoms with Crippen LogP contribution >= 0.6 is 0 Å². The van der Waals surface area contributed by atoms with E-state index in [2.05, 4.69) is 0 Å². The third kappa shape index (κ3) is 5.40. The molecular weight excluding hydrogens is 528 g/mol. The molecule has 0 spiro atoms. The maximum atomic E-state index is 14.5. The van der Waals surface area contributed by atoms with E-state index in [4.69, 9.17) is 31.8 Å². The summed E-state index contributed by atoms with van der Waals surface area (Å²) >= 11 is 0. The molecule has 0 unspecified atom stereocenters. The van der Waals surface area contributed by atoms with Crippen molar-refractivity contribution in [2.24, 2.45) is 11.5 Å². The molecule has 5 rings (SSSR count). The predicted molar refractivity (Wildman–Crippen MR) is 166 cm³/mol. The monoisotopic (exact) mass is 560 g/mol. The highest BCUT2D eigenvalue weighted by molar-refractivity contribution is 5.95. The number of amidine groups is 2. The molecule has 0 aliphatic rings. The first-order valence-electron chi connectivity index (χ1n) is 13.3. The summed E-state index contributed by atoms with van der Waals surface area (Å²) in [6, 6.07) is 30.0. The van der Waals surface area contributed by atoms with Gasteiger partial charge in [-0.3, -0.25) is 20.0 Å². The van der Waals surface area contributed by atoms with Gasteiger partial charge in [0.1, 0.15) is 23.2 Å². The topological polar surface area (TPSA) is 145 Å². The molecule has 5 aromatic rings. The van der Waals surface area contributed by atoms with Gasteiger partial charge >= 0.3 is 5.69 Å². The zero-order valence-corrected chi connectivity index (χ0v) is 23.4. The number of benzene rings is 4. The molecule has 42 heavy (non-hydrogen) atoms. The van der Waals surface area contributed by atoms with Crippen LogP contribution < -0.4 is 26.6 Å². The number of ether oxygens (including phenoxy) is 2. The first kappa shape index (κ1) is 28.0. The molecule has 1 heterocycles. The molecule has 0 fully saturated rings. The molecule has 0 radical (unpaired) electrons. The van der Waals surface area contributed by atoms with Crippen LogP contribution in [0, 0.1) is 10.8 Å². The van der Waals surface area contributed by atoms with Crippen LogP contribution in [0.4, 0.5) is 0 Å². The lowest BCUT2D eigenvalue weighted by molar-refractivity contribution is 0.407. The fourth-order valence-electron chi connectivity index (χ4n) is 5.14. The van der Waals surface area contributed by atoms with E-state index in [0.29, 0.717) is 33.8 Å². The van der Waals surface area contributed by atoms with Gasteiger partial charge in [-0.2, -0.15) is 0 Å². The van der Waals surface area contributed by atoms with Crippen LogP contribution in [0.2, 0.25) is 0 Å². The maximum absolute atomic E-state index is 14.5. The molecule has 0 saturated carbocycles. The summed E-state index contributed by atoms with van der Waals surface area (Å²) in [5, 5.41) is 15.9. The van der Waals surface area contributed by atoms with Crippen LogP contribution in [0.5, 0.6) is 11.5 Å². The van der Waals surface area contributed by atoms with Crippen molar-refractivity contribution in [2.45, 2.75) is 13.1 Å². The van der Waals surface area contributed by atoms with Crippen molar-refractivity contribution < 1.29 is 9.47 Å². The van der Waals surface area contributed by atoms with Crippen molar-refractivity contribution in [3.8, 4) is 34.0 Å². The molecule has 1 aromatic heterocycles. The van der Waals surface area contributed by atoms with Gasteiger partial charge in [0, 0.05) is 33.4 Å². The fourth-order valence-corrected chi connectivity index (χ4v) is 5.14. The van der Waals surface area contributed by atoms with Gasteiger partial charge in [-0.05, 0) is 36.4 Å². The lowest BCUT2D eigenvalue weighted by Crippen LogP contribution is -2.26. The number of methoxy groups -OCH3 is 2. The van der Waals surface area contributed by atoms with Crippen molar-refractivity contribution in [2.75, 3.05) is 14.2 Å². The Morgan fingerprint density at radius 2 is 1.02 bits per heavy atom. The molecule has 0 bridgehead atoms. The van der Waals surface area contributed by atoms with Gasteiger partial charge < -0.3 is 20.9 Å². The average molecular weight is 561 g/mol. The van der Waals surface area contributed by atoms with Crippen molar-refractivity contribution >= 4 is 11.7 Å². The van der Waals surface area contributed by atoms with E-state index in [1.807, 2.05) is 60.7 Å². The zero-order valence-electron chi connectivity index (χ0n) is 23.4. The summed E-state index contributed by atoms with van der Waals surface area (Å²) < 4.78 is 14.7. The van der Waals surface area contributed by atoms with E-state index >= 15 is 0 Å². The Hall–Kier alpha value is -5.57. The van der Waals surface area contributed by atoms with Crippen LogP contribution in [-0.2, 0) is 13.1 Å². The highest BCUT2D eigenvalue weighted by Crippen LogP contribution is 2.34. The first-order chi connectivity index (χ1) is 20.3. The molecule has 6 N–H and O–H groups in total. The molecular formula is C33H32N6O3. The molecule has 9 nitrogen and oxygen atoms in total. The molecule has 0 aliphatic carbocycles. The lowest BCUT2D eigenvalue weighted by Gasteiger charge is -2.15. The van der Waals surface area contributed by atoms with Crippen LogP contribution in [0.1, 0.15) is 22.3 Å². The molecule has 9 heteroatoms. The predicted octanol–water partition coefficient (Wildman–Crippen LogP) is 4.67. The molecule has 0 atom stereocenters. The molecule has 4 aromatic carbocycles. The summed E-state index contributed by atoms with van der Waals surface area (Å²) in [4.78, 5) is 14.5. The Balaban J connectivity index is 1.81. The second kappa shape index (κ2) is 11.9. The largest absolute Gasteiger partial charge is 0.496 e. The van der Waals surface area contributed by atoms with Gasteiger partial charge in [-0.1, -0.05) is 60.7 Å². The SMILES string of the molecule is COc1ccc(C(=N)N)cc1Cn1c(-c2ccccc2)c(-c2ccccc2)n(Cc2cc(C(=N)N)ccc2OC)c1=O. The van der Waals surface area contributed by atoms with E-state index in [9.17, 15) is 4.79 Å². The van der Waals surface area contributed by atoms with Crippen LogP contribution in [-0.4, -0.2) is 35.0 Å². The van der Waals surface area contributed by atoms with Gasteiger partial charge in [-0.25, -0.2) is 4.79 Å². The van der Waals surface area contributed by atoms with Crippen LogP contribution in [0.3, 0.4) is 0 Å². The Labute approximate surface area is 243 Å². The minimum atomic E-state index is -0.252. The Morgan fingerprint density at radius 3 is 1.36 bits per heavy atom. The third-order valence-corrected chi connectivity index (χ3v) is 7.16. The zero-order chi connectivity index (χ0) is 29.8. The van der Waals surface area contributed by atoms with E-state index < -0.39 is 0 Å². The number of nitrogen functional groups attached to an aromatic ring is 2. The van der Waals surface area contributed by atoms with E-state index in [0.717, 1.165) is 22.5 Å². The minimum absolute atomic E-state index is 0.0745. The van der Waals surface area contributed by atoms with Gasteiger partial charge in [-0.15, -0.1) is 0 Å². The number of nitrogens with zero attached hydrogens (tertiary/aromatic N) is 2. The van der Waals surface area contributed by atoms with E-state index in [1.165, 1.54) is 0 Å². The third-order valence-electron chi connectivity index (χ3n) is 7.16. The quantitative estimate of drug-likeness (QED) is 0.145. The standard InChI is InChI=1S/C33H32N6O3/c1-41-27-15-13-23(31(34)35)17-25(27)19-38-29(21-9-5-3-6-10-21)30(22-11-7-4-8-12-22)39(33(38)40)20-26-18-24(32(36)37)14-16-28(26)42-2/h3-18H,19-20H2,1-2H3,(H3,34,35)(H3,36,37). The molecule has 0 amide bonds. The first-order valence-corrected chi connectivity index (χ1v) is 13.3. The second-order valence-corrected chi connectivity index (χ2v) is 9.76. The van der Waals surface area contributed by atoms with Crippen LogP contribution in [0.25, 0.3) is 22.5 Å². The maximum Gasteiger partial charge on any atom is 0.329 e. The van der Waals surface area contributed by atoms with Gasteiger partial charge in [0.05, 0.1) is 38.7 Å². The van der Waals surface area contributed by atoms with Gasteiger partial charge in [0.2, 0.25) is 0 Å². The Morgan fingerprint density at radius 1 is 0.643 bits per heavy atom. The number of hydrogen-bond donors (Lipinski definition) is 4. The highest BCUT2D eigenvalue weighted by Gasteiger charge is 2.25. The lowest BCUT2D eigenvalue weighted by atomic mass is 10.0. The summed E-state index contributed by atoms with van der Waals surface area (Å²) in [7, 11) is 3.14. The van der Waals surface area contributed by atoms with Gasteiger partial charge in [0.25, 0.3) is 0 Å². The summed E-state index contributed by atoms with van der Waals surface area (Å²) in [6.07, 6.45) is 0. The molecule has 212 valence electrons. The number of nitrogens with one attached hydrogen (secondary N) is 2. The van der Waals surface area contributed by atoms with Crippen LogP contribution in [0.15, 0.2) is 102 Å². The number of rotatable bonds is 10. The van der Waals surface area contributed by atoms with Crippen molar-refractivity contribution in [3.63, 3.8) is 0 Å². The second-order valence-electron chi connectivity index (χ2n) is 9.76. The van der Waals surface area contributed by atoms with E-state index in [1.54, 1.807) is 59.8 Å². The minimum Gasteiger partial charge on any atom is -0.496 e. The molecule has 0 saturated heterocycles. The summed E-state index contributed by atoms with van der Waals surface area (Å²) in [5.41, 5.74) is 17.0. The van der Waals surface area contributed by atoms with E-state index in [-0.39, 0.29) is 30.5 Å². The number of hydrogen-bond acceptors (Lipinski definition) is 5. The number of nitrogens with two attached hydrogens (primary N) is 2. The molecule has 0 aliphatic heterocycles. The van der Waals surface area contributed by atoms with Crippen molar-refractivity contribution in [1.29, 1.82) is 10.8 Å². The summed E-state index contributed by atoms with van der Waals surface area (Å²) in [5.74, 6) is 1.01. The van der Waals surface area contributed by atoms with Crippen molar-refractivity contribution in [3.05, 3.63) is 130 Å². The number of imidazole rings is 1. The van der Waals surface area contributed by atoms with Gasteiger partial charge in [0.15, 0.2) is 0 Å². The average Bonchev–Trinajstić information content (AvgIpc) is 3.28. The van der Waals surface area contributed by atoms with Crippen molar-refractivity contribution in [1.82, 2.24) is 9.13 Å². The highest BCUT2D eigenvalue weighted by atomic mass is 16.5. The summed E-state index contributed by atoms with van der Waals surface area (Å²) in [6.45, 7) is 0.343. The Kier molecular flexibility index (Phi) is 7.92.